The van der Waals surface area contributed by atoms with Gasteiger partial charge in [-0.1, -0.05) is 62.8 Å². The summed E-state index contributed by atoms with van der Waals surface area (Å²) in [6, 6.07) is 8.36. The van der Waals surface area contributed by atoms with E-state index < -0.39 is 11.4 Å². The maximum Gasteiger partial charge on any atom is 0.202 e. The first kappa shape index (κ1) is 16.6. The quantitative estimate of drug-likeness (QED) is 0.754. The standard InChI is InChI=1S/C21H30O3/c22-21-18(17-11-7-8-13-19(17)21)12-6-4-2-1-3-5-9-14-20(21)23-15-10-16-24-20/h7-8,11,13,18,22H,1-6,9-10,12,14-16H2/t18-,21-/m1/s1. The first-order chi connectivity index (χ1) is 11.8. The molecule has 1 saturated carbocycles. The normalized spacial score (nSPS) is 33.5. The topological polar surface area (TPSA) is 38.7 Å². The highest BCUT2D eigenvalue weighted by atomic mass is 16.7. The Kier molecular flexibility index (Phi) is 4.68. The Morgan fingerprint density at radius 3 is 2.29 bits per heavy atom. The van der Waals surface area contributed by atoms with Crippen LogP contribution in [-0.4, -0.2) is 24.1 Å². The molecule has 4 rings (SSSR count). The van der Waals surface area contributed by atoms with E-state index in [1.165, 1.54) is 44.1 Å². The molecule has 0 bridgehead atoms. The van der Waals surface area contributed by atoms with Gasteiger partial charge in [-0.2, -0.15) is 0 Å². The van der Waals surface area contributed by atoms with Gasteiger partial charge in [0.15, 0.2) is 5.60 Å². The highest BCUT2D eigenvalue weighted by Gasteiger charge is 2.64. The van der Waals surface area contributed by atoms with Crippen molar-refractivity contribution in [2.45, 2.75) is 81.5 Å². The molecule has 1 aliphatic heterocycles. The van der Waals surface area contributed by atoms with Gasteiger partial charge in [0.2, 0.25) is 5.79 Å². The van der Waals surface area contributed by atoms with E-state index in [0.717, 1.165) is 31.2 Å². The summed E-state index contributed by atoms with van der Waals surface area (Å²) in [4.78, 5) is 0. The molecule has 3 aliphatic rings. The van der Waals surface area contributed by atoms with Crippen LogP contribution in [0.15, 0.2) is 24.3 Å². The lowest BCUT2D eigenvalue weighted by Gasteiger charge is -2.58. The van der Waals surface area contributed by atoms with Crippen LogP contribution in [0.5, 0.6) is 0 Å². The largest absolute Gasteiger partial charge is 0.379 e. The van der Waals surface area contributed by atoms with Crippen molar-refractivity contribution in [1.82, 2.24) is 0 Å². The zero-order valence-corrected chi connectivity index (χ0v) is 14.6. The molecule has 2 fully saturated rings. The molecule has 3 nitrogen and oxygen atoms in total. The van der Waals surface area contributed by atoms with Crippen molar-refractivity contribution in [1.29, 1.82) is 0 Å². The SMILES string of the molecule is O[C@@]12c3ccccc3[C@H]1CCCCCCCCCC21OCCCO1. The summed E-state index contributed by atoms with van der Waals surface area (Å²) >= 11 is 0. The van der Waals surface area contributed by atoms with Crippen LogP contribution in [0.25, 0.3) is 0 Å². The average molecular weight is 330 g/mol. The van der Waals surface area contributed by atoms with E-state index in [1.54, 1.807) is 0 Å². The van der Waals surface area contributed by atoms with Crippen LogP contribution in [0.4, 0.5) is 0 Å². The molecule has 24 heavy (non-hydrogen) atoms. The Balaban J connectivity index is 1.71. The zero-order valence-electron chi connectivity index (χ0n) is 14.6. The highest BCUT2D eigenvalue weighted by Crippen LogP contribution is 2.60. The third kappa shape index (κ3) is 2.53. The Morgan fingerprint density at radius 1 is 0.833 bits per heavy atom. The first-order valence-corrected chi connectivity index (χ1v) is 9.88. The Morgan fingerprint density at radius 2 is 1.50 bits per heavy atom. The molecule has 2 aliphatic carbocycles. The predicted octanol–water partition coefficient (Wildman–Crippen LogP) is 4.63. The molecule has 1 heterocycles. The van der Waals surface area contributed by atoms with E-state index in [2.05, 4.69) is 18.2 Å². The first-order valence-electron chi connectivity index (χ1n) is 9.88. The van der Waals surface area contributed by atoms with Gasteiger partial charge in [-0.05, 0) is 30.4 Å². The lowest BCUT2D eigenvalue weighted by atomic mass is 9.57. The van der Waals surface area contributed by atoms with E-state index in [4.69, 9.17) is 9.47 Å². The Labute approximate surface area is 145 Å². The van der Waals surface area contributed by atoms with Gasteiger partial charge in [-0.15, -0.1) is 0 Å². The third-order valence-corrected chi connectivity index (χ3v) is 6.29. The van der Waals surface area contributed by atoms with Crippen molar-refractivity contribution in [2.75, 3.05) is 13.2 Å². The van der Waals surface area contributed by atoms with E-state index in [0.29, 0.717) is 13.2 Å². The molecule has 0 aromatic heterocycles. The van der Waals surface area contributed by atoms with Crippen LogP contribution in [-0.2, 0) is 15.1 Å². The van der Waals surface area contributed by atoms with Gasteiger partial charge in [-0.3, -0.25) is 0 Å². The Bertz CT molecular complexity index is 564. The van der Waals surface area contributed by atoms with Crippen LogP contribution >= 0.6 is 0 Å². The molecule has 1 saturated heterocycles. The van der Waals surface area contributed by atoms with Crippen molar-refractivity contribution < 1.29 is 14.6 Å². The molecule has 2 atom stereocenters. The van der Waals surface area contributed by atoms with Gasteiger partial charge in [0.05, 0.1) is 13.2 Å². The van der Waals surface area contributed by atoms with Crippen molar-refractivity contribution in [3.8, 4) is 0 Å². The molecular weight excluding hydrogens is 300 g/mol. The number of ether oxygens (including phenoxy) is 2. The van der Waals surface area contributed by atoms with Gasteiger partial charge in [0.25, 0.3) is 0 Å². The summed E-state index contributed by atoms with van der Waals surface area (Å²) in [6.07, 6.45) is 11.4. The van der Waals surface area contributed by atoms with E-state index >= 15 is 0 Å². The average Bonchev–Trinajstić information content (AvgIpc) is 2.62. The van der Waals surface area contributed by atoms with Gasteiger partial charge in [-0.25, -0.2) is 0 Å². The number of benzene rings is 1. The second-order valence-electron chi connectivity index (χ2n) is 7.72. The van der Waals surface area contributed by atoms with Crippen molar-refractivity contribution in [2.24, 2.45) is 0 Å². The summed E-state index contributed by atoms with van der Waals surface area (Å²) < 4.78 is 12.5. The smallest absolute Gasteiger partial charge is 0.202 e. The summed E-state index contributed by atoms with van der Waals surface area (Å²) in [7, 11) is 0. The molecule has 1 spiro atoms. The molecular formula is C21H30O3. The monoisotopic (exact) mass is 330 g/mol. The molecule has 0 radical (unpaired) electrons. The van der Waals surface area contributed by atoms with Gasteiger partial charge in [0, 0.05) is 12.3 Å². The van der Waals surface area contributed by atoms with Crippen LogP contribution < -0.4 is 0 Å². The molecule has 3 heteroatoms. The zero-order chi connectivity index (χ0) is 16.5. The fourth-order valence-corrected chi connectivity index (χ4v) is 5.04. The number of rotatable bonds is 0. The minimum atomic E-state index is -0.983. The number of aliphatic hydroxyl groups is 1. The molecule has 1 aromatic rings. The van der Waals surface area contributed by atoms with E-state index in [-0.39, 0.29) is 5.92 Å². The minimum Gasteiger partial charge on any atom is -0.379 e. The summed E-state index contributed by atoms with van der Waals surface area (Å²) in [5, 5.41) is 11.9. The molecule has 132 valence electrons. The van der Waals surface area contributed by atoms with Gasteiger partial charge >= 0.3 is 0 Å². The fourth-order valence-electron chi connectivity index (χ4n) is 5.04. The lowest BCUT2D eigenvalue weighted by molar-refractivity contribution is -0.364. The number of fused-ring (bicyclic) bond motifs is 5. The lowest BCUT2D eigenvalue weighted by Crippen LogP contribution is -2.64. The molecule has 1 N–H and O–H groups in total. The second-order valence-corrected chi connectivity index (χ2v) is 7.72. The van der Waals surface area contributed by atoms with Crippen molar-refractivity contribution in [3.05, 3.63) is 35.4 Å². The maximum absolute atomic E-state index is 11.9. The second kappa shape index (κ2) is 6.78. The number of hydrogen-bond acceptors (Lipinski definition) is 3. The summed E-state index contributed by atoms with van der Waals surface area (Å²) in [5.74, 6) is -0.699. The van der Waals surface area contributed by atoms with E-state index in [9.17, 15) is 5.11 Å². The fraction of sp³-hybridized carbons (Fsp3) is 0.714. The van der Waals surface area contributed by atoms with E-state index in [1.807, 2.05) is 6.07 Å². The molecule has 1 aromatic carbocycles. The van der Waals surface area contributed by atoms with Crippen LogP contribution in [0.3, 0.4) is 0 Å². The highest BCUT2D eigenvalue weighted by molar-refractivity contribution is 5.49. The van der Waals surface area contributed by atoms with Crippen LogP contribution in [0, 0.1) is 0 Å². The maximum atomic E-state index is 11.9. The predicted molar refractivity (Wildman–Crippen MR) is 93.9 cm³/mol. The molecule has 0 unspecified atom stereocenters. The summed E-state index contributed by atoms with van der Waals surface area (Å²) in [5.41, 5.74) is 1.35. The number of hydrogen-bond donors (Lipinski definition) is 1. The molecule has 0 amide bonds. The Hall–Kier alpha value is -0.900. The summed E-state index contributed by atoms with van der Waals surface area (Å²) in [6.45, 7) is 1.38. The van der Waals surface area contributed by atoms with Crippen molar-refractivity contribution >= 4 is 0 Å². The van der Waals surface area contributed by atoms with Crippen LogP contribution in [0.1, 0.15) is 81.3 Å². The van der Waals surface area contributed by atoms with Gasteiger partial charge in [0.1, 0.15) is 0 Å². The van der Waals surface area contributed by atoms with Crippen molar-refractivity contribution in [3.63, 3.8) is 0 Å². The minimum absolute atomic E-state index is 0.145. The van der Waals surface area contributed by atoms with Crippen LogP contribution in [0.2, 0.25) is 0 Å². The van der Waals surface area contributed by atoms with Gasteiger partial charge < -0.3 is 14.6 Å². The third-order valence-electron chi connectivity index (χ3n) is 6.29.